The topological polar surface area (TPSA) is 44.1 Å². The molecule has 0 amide bonds. The minimum absolute atomic E-state index is 0.178. The van der Waals surface area contributed by atoms with E-state index in [9.17, 15) is 4.79 Å². The van der Waals surface area contributed by atoms with Crippen molar-refractivity contribution < 1.29 is 9.53 Å². The number of ketones is 1. The lowest BCUT2D eigenvalue weighted by molar-refractivity contribution is -0.132. The van der Waals surface area contributed by atoms with E-state index in [0.717, 1.165) is 48.1 Å². The number of carbonyl (C=O) groups is 1. The van der Waals surface area contributed by atoms with E-state index >= 15 is 0 Å². The van der Waals surface area contributed by atoms with Crippen LogP contribution in [0.25, 0.3) is 0 Å². The molecule has 0 saturated carbocycles. The molecule has 106 valence electrons. The van der Waals surface area contributed by atoms with Crippen LogP contribution in [0.5, 0.6) is 0 Å². The van der Waals surface area contributed by atoms with Crippen molar-refractivity contribution in [1.82, 2.24) is 9.78 Å². The maximum Gasteiger partial charge on any atom is 0.167 e. The van der Waals surface area contributed by atoms with Gasteiger partial charge in [0.2, 0.25) is 0 Å². The highest BCUT2D eigenvalue weighted by atomic mass is 79.9. The van der Waals surface area contributed by atoms with Crippen LogP contribution in [0.15, 0.2) is 4.47 Å². The number of ether oxygens (including phenoxy) is 1. The van der Waals surface area contributed by atoms with Gasteiger partial charge in [-0.15, -0.1) is 0 Å². The minimum Gasteiger partial charge on any atom is -0.370 e. The molecule has 0 N–H and O–H groups in total. The van der Waals surface area contributed by atoms with Gasteiger partial charge in [-0.1, -0.05) is 6.92 Å². The zero-order chi connectivity index (χ0) is 13.8. The largest absolute Gasteiger partial charge is 0.370 e. The van der Waals surface area contributed by atoms with Crippen molar-refractivity contribution in [2.75, 3.05) is 6.61 Å². The molecule has 1 aromatic heterocycles. The van der Waals surface area contributed by atoms with Crippen LogP contribution in [0.2, 0.25) is 0 Å². The summed E-state index contributed by atoms with van der Waals surface area (Å²) >= 11 is 3.58. The first-order valence-corrected chi connectivity index (χ1v) is 7.85. The van der Waals surface area contributed by atoms with Gasteiger partial charge in [0, 0.05) is 13.2 Å². The number of halogens is 1. The summed E-state index contributed by atoms with van der Waals surface area (Å²) in [6.45, 7) is 5.62. The van der Waals surface area contributed by atoms with Gasteiger partial charge in [0.1, 0.15) is 6.10 Å². The predicted octanol–water partition coefficient (Wildman–Crippen LogP) is 2.91. The molecule has 19 heavy (non-hydrogen) atoms. The van der Waals surface area contributed by atoms with E-state index in [0.29, 0.717) is 13.0 Å². The van der Waals surface area contributed by atoms with Crippen molar-refractivity contribution in [3.8, 4) is 0 Å². The fourth-order valence-corrected chi connectivity index (χ4v) is 3.16. The summed E-state index contributed by atoms with van der Waals surface area (Å²) < 4.78 is 8.47. The van der Waals surface area contributed by atoms with Gasteiger partial charge in [-0.2, -0.15) is 5.10 Å². The van der Waals surface area contributed by atoms with Crippen molar-refractivity contribution in [3.63, 3.8) is 0 Å². The van der Waals surface area contributed by atoms with E-state index in [1.165, 1.54) is 0 Å². The third-order valence-corrected chi connectivity index (χ3v) is 4.49. The third kappa shape index (κ3) is 3.26. The Balaban J connectivity index is 2.13. The van der Waals surface area contributed by atoms with Gasteiger partial charge in [0.05, 0.1) is 22.3 Å². The second-order valence-electron chi connectivity index (χ2n) is 4.87. The lowest BCUT2D eigenvalue weighted by atomic mass is 10.0. The van der Waals surface area contributed by atoms with Crippen LogP contribution >= 0.6 is 15.9 Å². The molecule has 2 heterocycles. The smallest absolute Gasteiger partial charge is 0.167 e. The van der Waals surface area contributed by atoms with Crippen LogP contribution in [0, 0.1) is 0 Å². The second kappa shape index (κ2) is 6.66. The number of carbonyl (C=O) groups excluding carboxylic acids is 1. The Morgan fingerprint density at radius 2 is 2.26 bits per heavy atom. The first-order chi connectivity index (χ1) is 9.17. The van der Waals surface area contributed by atoms with Gasteiger partial charge in [-0.05, 0) is 48.5 Å². The predicted molar refractivity (Wildman–Crippen MR) is 77.3 cm³/mol. The summed E-state index contributed by atoms with van der Waals surface area (Å²) in [5, 5.41) is 4.52. The number of Topliss-reactive ketones (excluding diaryl/α,β-unsaturated/α-hetero) is 1. The van der Waals surface area contributed by atoms with E-state index in [1.54, 1.807) is 0 Å². The molecule has 4 nitrogen and oxygen atoms in total. The molecule has 1 fully saturated rings. The molecule has 0 aliphatic carbocycles. The van der Waals surface area contributed by atoms with Gasteiger partial charge in [-0.25, -0.2) is 0 Å². The third-order valence-electron chi connectivity index (χ3n) is 3.57. The average molecular weight is 329 g/mol. The molecular formula is C14H21BrN2O2. The Morgan fingerprint density at radius 3 is 2.84 bits per heavy atom. The standard InChI is InChI=1S/C14H21BrN2O2/c1-3-10-14(15)11(17(4-2)16-10)9-12(18)13-7-5-6-8-19-13/h13H,3-9H2,1-2H3. The molecule has 1 aromatic rings. The molecular weight excluding hydrogens is 308 g/mol. The second-order valence-corrected chi connectivity index (χ2v) is 5.67. The Kier molecular flexibility index (Phi) is 5.16. The fourth-order valence-electron chi connectivity index (χ4n) is 2.46. The Bertz CT molecular complexity index is 451. The molecule has 1 unspecified atom stereocenters. The molecule has 0 spiro atoms. The van der Waals surface area contributed by atoms with E-state index in [-0.39, 0.29) is 11.9 Å². The number of nitrogens with zero attached hydrogens (tertiary/aromatic N) is 2. The normalized spacial score (nSPS) is 19.6. The molecule has 2 rings (SSSR count). The molecule has 1 atom stereocenters. The van der Waals surface area contributed by atoms with Crippen LogP contribution in [0.4, 0.5) is 0 Å². The van der Waals surface area contributed by atoms with Crippen molar-refractivity contribution >= 4 is 21.7 Å². The van der Waals surface area contributed by atoms with Gasteiger partial charge < -0.3 is 4.74 Å². The number of hydrogen-bond donors (Lipinski definition) is 0. The van der Waals surface area contributed by atoms with Crippen LogP contribution in [-0.4, -0.2) is 28.3 Å². The maximum atomic E-state index is 12.3. The van der Waals surface area contributed by atoms with Crippen molar-refractivity contribution in [2.45, 2.75) is 58.6 Å². The minimum atomic E-state index is -0.217. The number of aryl methyl sites for hydroxylation is 2. The number of hydrogen-bond acceptors (Lipinski definition) is 3. The van der Waals surface area contributed by atoms with Crippen LogP contribution in [0.1, 0.15) is 44.5 Å². The molecule has 5 heteroatoms. The summed E-state index contributed by atoms with van der Waals surface area (Å²) in [6.07, 6.45) is 4.08. The first kappa shape index (κ1) is 14.7. The van der Waals surface area contributed by atoms with E-state index < -0.39 is 0 Å². The van der Waals surface area contributed by atoms with E-state index in [2.05, 4.69) is 28.0 Å². The van der Waals surface area contributed by atoms with Crippen LogP contribution in [-0.2, 0) is 28.9 Å². The maximum absolute atomic E-state index is 12.3. The van der Waals surface area contributed by atoms with E-state index in [4.69, 9.17) is 4.74 Å². The quantitative estimate of drug-likeness (QED) is 0.834. The summed E-state index contributed by atoms with van der Waals surface area (Å²) in [7, 11) is 0. The van der Waals surface area contributed by atoms with Gasteiger partial charge in [0.15, 0.2) is 5.78 Å². The Morgan fingerprint density at radius 1 is 1.47 bits per heavy atom. The average Bonchev–Trinajstić information content (AvgIpc) is 2.76. The van der Waals surface area contributed by atoms with Gasteiger partial charge in [0.25, 0.3) is 0 Å². The highest BCUT2D eigenvalue weighted by molar-refractivity contribution is 9.10. The lowest BCUT2D eigenvalue weighted by Crippen LogP contribution is -2.30. The SMILES string of the molecule is CCc1nn(CC)c(CC(=O)C2CCCCO2)c1Br. The van der Waals surface area contributed by atoms with Crippen molar-refractivity contribution in [3.05, 3.63) is 15.9 Å². The summed E-state index contributed by atoms with van der Waals surface area (Å²) in [5.41, 5.74) is 2.01. The number of rotatable bonds is 5. The van der Waals surface area contributed by atoms with Crippen LogP contribution < -0.4 is 0 Å². The molecule has 1 aliphatic rings. The molecule has 1 aliphatic heterocycles. The van der Waals surface area contributed by atoms with Crippen molar-refractivity contribution in [2.24, 2.45) is 0 Å². The summed E-state index contributed by atoms with van der Waals surface area (Å²) in [5.74, 6) is 0.178. The summed E-state index contributed by atoms with van der Waals surface area (Å²) in [6, 6.07) is 0. The monoisotopic (exact) mass is 328 g/mol. The van der Waals surface area contributed by atoms with Crippen LogP contribution in [0.3, 0.4) is 0 Å². The summed E-state index contributed by atoms with van der Waals surface area (Å²) in [4.78, 5) is 12.3. The van der Waals surface area contributed by atoms with Gasteiger partial charge >= 0.3 is 0 Å². The van der Waals surface area contributed by atoms with Crippen molar-refractivity contribution in [1.29, 1.82) is 0 Å². The fraction of sp³-hybridized carbons (Fsp3) is 0.714. The Hall–Kier alpha value is -0.680. The molecule has 1 saturated heterocycles. The van der Waals surface area contributed by atoms with E-state index in [1.807, 2.05) is 11.6 Å². The molecule has 0 aromatic carbocycles. The molecule has 0 radical (unpaired) electrons. The highest BCUT2D eigenvalue weighted by Gasteiger charge is 2.25. The zero-order valence-electron chi connectivity index (χ0n) is 11.6. The molecule has 0 bridgehead atoms. The highest BCUT2D eigenvalue weighted by Crippen LogP contribution is 2.24. The Labute approximate surface area is 122 Å². The lowest BCUT2D eigenvalue weighted by Gasteiger charge is -2.21. The first-order valence-electron chi connectivity index (χ1n) is 7.05. The zero-order valence-corrected chi connectivity index (χ0v) is 13.2. The van der Waals surface area contributed by atoms with Gasteiger partial charge in [-0.3, -0.25) is 9.48 Å². The number of aromatic nitrogens is 2.